The van der Waals surface area contributed by atoms with E-state index in [0.29, 0.717) is 0 Å². The third-order valence-corrected chi connectivity index (χ3v) is 3.12. The second kappa shape index (κ2) is 4.57. The van der Waals surface area contributed by atoms with Crippen molar-refractivity contribution >= 4 is 11.0 Å². The highest BCUT2D eigenvalue weighted by atomic mass is 16.3. The summed E-state index contributed by atoms with van der Waals surface area (Å²) >= 11 is 0. The number of benzene rings is 2. The molecule has 0 aliphatic rings. The normalized spacial score (nSPS) is 10.7. The first-order chi connectivity index (χ1) is 9.29. The van der Waals surface area contributed by atoms with Gasteiger partial charge >= 0.3 is 0 Å². The van der Waals surface area contributed by atoms with Crippen molar-refractivity contribution in [3.8, 4) is 16.9 Å². The van der Waals surface area contributed by atoms with Crippen LogP contribution in [0.5, 0.6) is 5.75 Å². The summed E-state index contributed by atoms with van der Waals surface area (Å²) in [5.41, 5.74) is 3.45. The highest BCUT2D eigenvalue weighted by Crippen LogP contribution is 2.32. The van der Waals surface area contributed by atoms with Gasteiger partial charge in [0.05, 0.1) is 6.26 Å². The molecule has 0 bridgehead atoms. The van der Waals surface area contributed by atoms with Crippen LogP contribution < -0.4 is 0 Å². The minimum Gasteiger partial charge on any atom is -0.508 e. The Bertz CT molecular complexity index is 729. The molecule has 1 heterocycles. The van der Waals surface area contributed by atoms with Crippen LogP contribution in [0.3, 0.4) is 0 Å². The maximum atomic E-state index is 10.4. The second-order valence-electron chi connectivity index (χ2n) is 4.27. The molecule has 3 rings (SSSR count). The topological polar surface area (TPSA) is 62.8 Å². The van der Waals surface area contributed by atoms with Crippen molar-refractivity contribution < 1.29 is 9.52 Å². The van der Waals surface area contributed by atoms with E-state index in [2.05, 4.69) is 5.18 Å². The van der Waals surface area contributed by atoms with E-state index in [9.17, 15) is 10.0 Å². The van der Waals surface area contributed by atoms with Gasteiger partial charge in [0.15, 0.2) is 0 Å². The lowest BCUT2D eigenvalue weighted by Gasteiger charge is -2.05. The molecule has 0 unspecified atom stereocenters. The van der Waals surface area contributed by atoms with Gasteiger partial charge in [0, 0.05) is 10.9 Å². The van der Waals surface area contributed by atoms with Crippen LogP contribution in [-0.2, 0) is 6.54 Å². The second-order valence-corrected chi connectivity index (χ2v) is 4.27. The molecule has 1 N–H and O–H groups in total. The van der Waals surface area contributed by atoms with Crippen LogP contribution in [0.15, 0.2) is 58.3 Å². The number of furan rings is 1. The summed E-state index contributed by atoms with van der Waals surface area (Å²) in [7, 11) is 0. The van der Waals surface area contributed by atoms with Crippen molar-refractivity contribution in [2.45, 2.75) is 6.54 Å². The number of phenolic OH excluding ortho intramolecular Hbond substituents is 1. The van der Waals surface area contributed by atoms with Crippen LogP contribution in [0.1, 0.15) is 5.56 Å². The molecule has 2 aromatic carbocycles. The van der Waals surface area contributed by atoms with Gasteiger partial charge in [-0.2, -0.15) is 4.91 Å². The highest BCUT2D eigenvalue weighted by molar-refractivity contribution is 5.94. The third-order valence-electron chi connectivity index (χ3n) is 3.12. The van der Waals surface area contributed by atoms with Gasteiger partial charge in [0.25, 0.3) is 0 Å². The average molecular weight is 253 g/mol. The molecular formula is C15H11NO3. The Hall–Kier alpha value is -2.62. The molecule has 94 valence electrons. The number of hydrogen-bond donors (Lipinski definition) is 1. The number of fused-ring (bicyclic) bond motifs is 1. The summed E-state index contributed by atoms with van der Waals surface area (Å²) in [5.74, 6) is 0.223. The maximum Gasteiger partial charge on any atom is 0.142 e. The van der Waals surface area contributed by atoms with Crippen molar-refractivity contribution in [1.29, 1.82) is 0 Å². The van der Waals surface area contributed by atoms with E-state index < -0.39 is 0 Å². The van der Waals surface area contributed by atoms with Crippen LogP contribution in [0.4, 0.5) is 0 Å². The number of aromatic hydroxyl groups is 1. The molecule has 0 saturated heterocycles. The summed E-state index contributed by atoms with van der Waals surface area (Å²) in [6, 6.07) is 12.5. The predicted molar refractivity (Wildman–Crippen MR) is 72.8 cm³/mol. The molecule has 0 aliphatic heterocycles. The Morgan fingerprint density at radius 1 is 1.05 bits per heavy atom. The van der Waals surface area contributed by atoms with Crippen molar-refractivity contribution in [2.24, 2.45) is 5.18 Å². The molecular weight excluding hydrogens is 242 g/mol. The Morgan fingerprint density at radius 3 is 2.58 bits per heavy atom. The molecule has 0 spiro atoms. The molecule has 0 fully saturated rings. The zero-order valence-electron chi connectivity index (χ0n) is 10.0. The maximum absolute atomic E-state index is 10.4. The molecule has 0 saturated carbocycles. The molecule has 1 aromatic heterocycles. The van der Waals surface area contributed by atoms with Gasteiger partial charge in [0.2, 0.25) is 0 Å². The quantitative estimate of drug-likeness (QED) is 0.715. The molecule has 0 radical (unpaired) electrons. The molecule has 4 heteroatoms. The number of rotatable bonds is 3. The molecule has 3 aromatic rings. The van der Waals surface area contributed by atoms with Crippen molar-refractivity contribution in [2.75, 3.05) is 0 Å². The molecule has 0 atom stereocenters. The Kier molecular flexibility index (Phi) is 2.76. The summed E-state index contributed by atoms with van der Waals surface area (Å²) in [5, 5.41) is 13.1. The van der Waals surface area contributed by atoms with Crippen LogP contribution in [0, 0.1) is 4.91 Å². The Labute approximate surface area is 109 Å². The van der Waals surface area contributed by atoms with Crippen LogP contribution in [-0.4, -0.2) is 5.11 Å². The minimum atomic E-state index is 0.131. The first-order valence-corrected chi connectivity index (χ1v) is 5.87. The standard InChI is InChI=1S/C15H11NO3/c17-12-4-1-10(2-5-12)13-6-3-11(9-16-18)14-7-8-19-15(13)14/h1-8,17H,9H2. The first-order valence-electron chi connectivity index (χ1n) is 5.87. The summed E-state index contributed by atoms with van der Waals surface area (Å²) in [4.78, 5) is 10.4. The van der Waals surface area contributed by atoms with Gasteiger partial charge in [-0.15, -0.1) is 0 Å². The average Bonchev–Trinajstić information content (AvgIpc) is 2.90. The Morgan fingerprint density at radius 2 is 1.84 bits per heavy atom. The highest BCUT2D eigenvalue weighted by Gasteiger charge is 2.10. The fraction of sp³-hybridized carbons (Fsp3) is 0.0667. The predicted octanol–water partition coefficient (Wildman–Crippen LogP) is 4.07. The van der Waals surface area contributed by atoms with Gasteiger partial charge in [-0.05, 0) is 29.3 Å². The van der Waals surface area contributed by atoms with E-state index in [0.717, 1.165) is 27.7 Å². The number of nitroso groups, excluding NO2 is 1. The van der Waals surface area contributed by atoms with Crippen molar-refractivity contribution in [1.82, 2.24) is 0 Å². The number of phenols is 1. The molecule has 0 aliphatic carbocycles. The fourth-order valence-electron chi connectivity index (χ4n) is 2.20. The largest absolute Gasteiger partial charge is 0.508 e. The third kappa shape index (κ3) is 1.97. The lowest BCUT2D eigenvalue weighted by molar-refractivity contribution is 0.475. The van der Waals surface area contributed by atoms with E-state index in [1.54, 1.807) is 18.4 Å². The number of nitrogens with zero attached hydrogens (tertiary/aromatic N) is 1. The van der Waals surface area contributed by atoms with E-state index in [1.807, 2.05) is 30.3 Å². The fourth-order valence-corrected chi connectivity index (χ4v) is 2.20. The smallest absolute Gasteiger partial charge is 0.142 e. The summed E-state index contributed by atoms with van der Waals surface area (Å²) in [6.07, 6.45) is 1.60. The van der Waals surface area contributed by atoms with Crippen LogP contribution in [0.25, 0.3) is 22.1 Å². The van der Waals surface area contributed by atoms with Crippen LogP contribution in [0.2, 0.25) is 0 Å². The van der Waals surface area contributed by atoms with Crippen LogP contribution >= 0.6 is 0 Å². The first kappa shape index (κ1) is 11.5. The summed E-state index contributed by atoms with van der Waals surface area (Å²) in [6.45, 7) is 0.131. The lowest BCUT2D eigenvalue weighted by atomic mass is 10.0. The van der Waals surface area contributed by atoms with E-state index in [-0.39, 0.29) is 12.3 Å². The zero-order chi connectivity index (χ0) is 13.2. The van der Waals surface area contributed by atoms with Gasteiger partial charge in [0.1, 0.15) is 17.9 Å². The minimum absolute atomic E-state index is 0.131. The summed E-state index contributed by atoms with van der Waals surface area (Å²) < 4.78 is 5.51. The van der Waals surface area contributed by atoms with Crippen molar-refractivity contribution in [3.05, 3.63) is 59.2 Å². The molecule has 0 amide bonds. The number of hydrogen-bond acceptors (Lipinski definition) is 4. The van der Waals surface area contributed by atoms with Gasteiger partial charge < -0.3 is 9.52 Å². The van der Waals surface area contributed by atoms with E-state index in [1.165, 1.54) is 0 Å². The SMILES string of the molecule is O=NCc1ccc(-c2ccc(O)cc2)c2occc12. The van der Waals surface area contributed by atoms with Gasteiger partial charge in [-0.3, -0.25) is 0 Å². The van der Waals surface area contributed by atoms with Gasteiger partial charge in [-0.1, -0.05) is 29.4 Å². The monoisotopic (exact) mass is 253 g/mol. The molecule has 4 nitrogen and oxygen atoms in total. The van der Waals surface area contributed by atoms with Gasteiger partial charge in [-0.25, -0.2) is 0 Å². The lowest BCUT2D eigenvalue weighted by Crippen LogP contribution is -1.85. The van der Waals surface area contributed by atoms with Crippen molar-refractivity contribution in [3.63, 3.8) is 0 Å². The zero-order valence-corrected chi connectivity index (χ0v) is 10.0. The molecule has 19 heavy (non-hydrogen) atoms. The van der Waals surface area contributed by atoms with E-state index >= 15 is 0 Å². The van der Waals surface area contributed by atoms with E-state index in [4.69, 9.17) is 4.42 Å². The Balaban J connectivity index is 2.20.